The summed E-state index contributed by atoms with van der Waals surface area (Å²) in [6, 6.07) is 18.1. The van der Waals surface area contributed by atoms with Crippen molar-refractivity contribution in [3.63, 3.8) is 0 Å². The van der Waals surface area contributed by atoms with E-state index in [1.54, 1.807) is 41.8 Å². The summed E-state index contributed by atoms with van der Waals surface area (Å²) < 4.78 is 1.57. The number of hydrogen-bond acceptors (Lipinski definition) is 4. The molecule has 33 heavy (non-hydrogen) atoms. The highest BCUT2D eigenvalue weighted by molar-refractivity contribution is 8.00. The normalized spacial score (nSPS) is 12.0. The summed E-state index contributed by atoms with van der Waals surface area (Å²) in [5.74, 6) is -0.279. The quantitative estimate of drug-likeness (QED) is 0.255. The van der Waals surface area contributed by atoms with Crippen LogP contribution in [0.25, 0.3) is 16.6 Å². The van der Waals surface area contributed by atoms with Crippen LogP contribution in [0.2, 0.25) is 10.0 Å². The van der Waals surface area contributed by atoms with Crippen molar-refractivity contribution in [2.24, 2.45) is 0 Å². The fourth-order valence-corrected chi connectivity index (χ4v) is 4.60. The van der Waals surface area contributed by atoms with Crippen LogP contribution in [0, 0.1) is 13.8 Å². The minimum Gasteiger partial charge on any atom is -0.324 e. The van der Waals surface area contributed by atoms with Crippen LogP contribution in [0.5, 0.6) is 0 Å². The summed E-state index contributed by atoms with van der Waals surface area (Å²) in [5, 5.41) is 3.83. The first-order valence-electron chi connectivity index (χ1n) is 10.3. The lowest BCUT2D eigenvalue weighted by atomic mass is 10.1. The molecule has 8 heteroatoms. The maximum atomic E-state index is 13.4. The molecule has 0 aliphatic heterocycles. The molecule has 0 aliphatic carbocycles. The third kappa shape index (κ3) is 4.78. The van der Waals surface area contributed by atoms with E-state index in [0.29, 0.717) is 32.5 Å². The molecule has 1 N–H and O–H groups in total. The number of aryl methyl sites for hydroxylation is 2. The summed E-state index contributed by atoms with van der Waals surface area (Å²) in [6.45, 7) is 5.77. The summed E-state index contributed by atoms with van der Waals surface area (Å²) in [6.07, 6.45) is 0. The molecule has 0 spiro atoms. The fourth-order valence-electron chi connectivity index (χ4n) is 3.33. The number of nitrogens with one attached hydrogen (secondary N) is 1. The first-order valence-corrected chi connectivity index (χ1v) is 11.9. The van der Waals surface area contributed by atoms with Crippen LogP contribution in [0.1, 0.15) is 18.1 Å². The van der Waals surface area contributed by atoms with Crippen molar-refractivity contribution in [1.82, 2.24) is 9.55 Å². The Hall–Kier alpha value is -2.80. The third-order valence-corrected chi connectivity index (χ3v) is 7.23. The van der Waals surface area contributed by atoms with E-state index in [-0.39, 0.29) is 16.5 Å². The zero-order valence-electron chi connectivity index (χ0n) is 18.2. The van der Waals surface area contributed by atoms with Gasteiger partial charge in [0, 0.05) is 0 Å². The number of nitrogens with zero attached hydrogens (tertiary/aromatic N) is 2. The fraction of sp³-hybridized carbons (Fsp3) is 0.160. The van der Waals surface area contributed by atoms with Crippen molar-refractivity contribution in [3.8, 4) is 5.69 Å². The Morgan fingerprint density at radius 2 is 1.79 bits per heavy atom. The number of amides is 1. The zero-order valence-corrected chi connectivity index (χ0v) is 20.6. The predicted octanol–water partition coefficient (Wildman–Crippen LogP) is 6.43. The van der Waals surface area contributed by atoms with Gasteiger partial charge in [-0.3, -0.25) is 14.2 Å². The molecule has 0 aliphatic rings. The van der Waals surface area contributed by atoms with Crippen LogP contribution < -0.4 is 10.9 Å². The Morgan fingerprint density at radius 1 is 1.03 bits per heavy atom. The Morgan fingerprint density at radius 3 is 2.55 bits per heavy atom. The lowest BCUT2D eigenvalue weighted by Gasteiger charge is -2.17. The number of para-hydroxylation sites is 1. The smallest absolute Gasteiger partial charge is 0.266 e. The SMILES string of the molecule is Cc1ccc(-n2c(SC(C)C(=O)Nc3cccc(Cl)c3Cl)nc3ccccc3c2=O)cc1C. The molecule has 1 atom stereocenters. The van der Waals surface area contributed by atoms with Gasteiger partial charge in [0.15, 0.2) is 5.16 Å². The molecule has 0 radical (unpaired) electrons. The minimum atomic E-state index is -0.564. The molecule has 1 amide bonds. The van der Waals surface area contributed by atoms with Crippen LogP contribution in [-0.2, 0) is 4.79 Å². The molecule has 0 bridgehead atoms. The number of thioether (sulfide) groups is 1. The molecule has 1 unspecified atom stereocenters. The van der Waals surface area contributed by atoms with Crippen molar-refractivity contribution < 1.29 is 4.79 Å². The summed E-state index contributed by atoms with van der Waals surface area (Å²) in [5.41, 5.74) is 3.72. The van der Waals surface area contributed by atoms with E-state index in [4.69, 9.17) is 28.2 Å². The van der Waals surface area contributed by atoms with Gasteiger partial charge in [-0.25, -0.2) is 4.98 Å². The first kappa shape index (κ1) is 23.4. The standard InChI is InChI=1S/C25H21Cl2N3O2S/c1-14-11-12-17(13-15(14)2)30-24(32)18-7-4-5-9-20(18)29-25(30)33-16(3)23(31)28-21-10-6-8-19(26)22(21)27/h4-13,16H,1-3H3,(H,28,31). The lowest BCUT2D eigenvalue weighted by Crippen LogP contribution is -2.26. The highest BCUT2D eigenvalue weighted by atomic mass is 35.5. The van der Waals surface area contributed by atoms with Crippen LogP contribution in [-0.4, -0.2) is 20.7 Å². The molecule has 0 saturated carbocycles. The van der Waals surface area contributed by atoms with E-state index in [0.717, 1.165) is 11.1 Å². The third-order valence-electron chi connectivity index (χ3n) is 5.35. The maximum absolute atomic E-state index is 13.4. The molecular weight excluding hydrogens is 477 g/mol. The van der Waals surface area contributed by atoms with Gasteiger partial charge in [0.05, 0.1) is 37.6 Å². The number of carbonyl (C=O) groups is 1. The van der Waals surface area contributed by atoms with Crippen LogP contribution >= 0.6 is 35.0 Å². The highest BCUT2D eigenvalue weighted by Gasteiger charge is 2.21. The van der Waals surface area contributed by atoms with E-state index in [1.807, 2.05) is 44.2 Å². The molecule has 5 nitrogen and oxygen atoms in total. The maximum Gasteiger partial charge on any atom is 0.266 e. The molecule has 168 valence electrons. The van der Waals surface area contributed by atoms with Crippen molar-refractivity contribution in [3.05, 3.63) is 92.2 Å². The predicted molar refractivity (Wildman–Crippen MR) is 137 cm³/mol. The number of anilines is 1. The topological polar surface area (TPSA) is 64.0 Å². The average Bonchev–Trinajstić information content (AvgIpc) is 2.79. The van der Waals surface area contributed by atoms with E-state index >= 15 is 0 Å². The number of carbonyl (C=O) groups excluding carboxylic acids is 1. The highest BCUT2D eigenvalue weighted by Crippen LogP contribution is 2.31. The number of rotatable bonds is 5. The van der Waals surface area contributed by atoms with Gasteiger partial charge in [0.2, 0.25) is 5.91 Å². The van der Waals surface area contributed by atoms with Crippen molar-refractivity contribution in [2.75, 3.05) is 5.32 Å². The van der Waals surface area contributed by atoms with Gasteiger partial charge in [0.25, 0.3) is 5.56 Å². The Balaban J connectivity index is 1.74. The summed E-state index contributed by atoms with van der Waals surface area (Å²) >= 11 is 13.5. The zero-order chi connectivity index (χ0) is 23.7. The average molecular weight is 498 g/mol. The molecule has 4 aromatic rings. The monoisotopic (exact) mass is 497 g/mol. The second-order valence-corrected chi connectivity index (χ2v) is 9.76. The van der Waals surface area contributed by atoms with E-state index in [9.17, 15) is 9.59 Å². The van der Waals surface area contributed by atoms with Crippen LogP contribution in [0.4, 0.5) is 5.69 Å². The van der Waals surface area contributed by atoms with Gasteiger partial charge in [-0.05, 0) is 68.3 Å². The second kappa shape index (κ2) is 9.59. The van der Waals surface area contributed by atoms with Gasteiger partial charge in [0.1, 0.15) is 0 Å². The lowest BCUT2D eigenvalue weighted by molar-refractivity contribution is -0.115. The van der Waals surface area contributed by atoms with Gasteiger partial charge in [-0.15, -0.1) is 0 Å². The molecule has 3 aromatic carbocycles. The Labute approximate surface area is 205 Å². The minimum absolute atomic E-state index is 0.183. The van der Waals surface area contributed by atoms with Gasteiger partial charge < -0.3 is 5.32 Å². The number of aromatic nitrogens is 2. The number of fused-ring (bicyclic) bond motifs is 1. The number of hydrogen-bond donors (Lipinski definition) is 1. The Kier molecular flexibility index (Phi) is 6.79. The van der Waals surface area contributed by atoms with Crippen molar-refractivity contribution in [2.45, 2.75) is 31.2 Å². The van der Waals surface area contributed by atoms with Gasteiger partial charge in [-0.1, -0.05) is 59.2 Å². The van der Waals surface area contributed by atoms with Crippen molar-refractivity contribution >= 4 is 57.5 Å². The van der Waals surface area contributed by atoms with Gasteiger partial charge >= 0.3 is 0 Å². The molecule has 0 saturated heterocycles. The Bertz CT molecular complexity index is 1440. The van der Waals surface area contributed by atoms with Crippen LogP contribution in [0.3, 0.4) is 0 Å². The molecular formula is C25H21Cl2N3O2S. The summed E-state index contributed by atoms with van der Waals surface area (Å²) in [4.78, 5) is 31.1. The van der Waals surface area contributed by atoms with Crippen LogP contribution in [0.15, 0.2) is 70.6 Å². The number of halogens is 2. The summed E-state index contributed by atoms with van der Waals surface area (Å²) in [7, 11) is 0. The molecule has 4 rings (SSSR count). The van der Waals surface area contributed by atoms with E-state index in [2.05, 4.69) is 5.32 Å². The largest absolute Gasteiger partial charge is 0.324 e. The number of benzene rings is 3. The first-order chi connectivity index (χ1) is 15.8. The van der Waals surface area contributed by atoms with E-state index < -0.39 is 5.25 Å². The van der Waals surface area contributed by atoms with Crippen molar-refractivity contribution in [1.29, 1.82) is 0 Å². The van der Waals surface area contributed by atoms with E-state index in [1.165, 1.54) is 11.8 Å². The molecule has 1 aromatic heterocycles. The molecule has 1 heterocycles. The molecule has 0 fully saturated rings. The second-order valence-electron chi connectivity index (χ2n) is 7.67. The van der Waals surface area contributed by atoms with Gasteiger partial charge in [-0.2, -0.15) is 0 Å².